The molecule has 12 amide bonds. The van der Waals surface area contributed by atoms with Crippen molar-refractivity contribution in [3.05, 3.63) is 82.9 Å². The molecule has 0 radical (unpaired) electrons. The van der Waals surface area contributed by atoms with Crippen LogP contribution < -0.4 is 26.6 Å². The van der Waals surface area contributed by atoms with Crippen molar-refractivity contribution in [1.29, 1.82) is 0 Å². The summed E-state index contributed by atoms with van der Waals surface area (Å²) >= 11 is 6.21. The van der Waals surface area contributed by atoms with Gasteiger partial charge in [0.05, 0.1) is 25.2 Å². The molecule has 1 heterocycles. The number of nitrogens with one attached hydrogen (secondary N) is 5. The van der Waals surface area contributed by atoms with Crippen molar-refractivity contribution in [3.63, 3.8) is 0 Å². The molecule has 0 unspecified atom stereocenters. The Labute approximate surface area is 580 Å². The predicted octanol–water partition coefficient (Wildman–Crippen LogP) is 5.21. The van der Waals surface area contributed by atoms with Gasteiger partial charge < -0.3 is 65.6 Å². The summed E-state index contributed by atoms with van der Waals surface area (Å²) in [4.78, 5) is 180. The number of benzene rings is 2. The molecule has 0 bridgehead atoms. The van der Waals surface area contributed by atoms with Crippen LogP contribution in [0.25, 0.3) is 0 Å². The first-order valence-corrected chi connectivity index (χ1v) is 33.5. The molecule has 2 aromatic carbocycles. The van der Waals surface area contributed by atoms with Gasteiger partial charge >= 0.3 is 12.3 Å². The standard InChI is InChI=1S/C69H104ClF3N12O13/c1-18-34-98-67(97)74-33-21-20-22-51-63(93)85(17)68(9,10)66(96)77-52(35-42(3)4)62(92)82(14)45(8)37-56(87)83(15)53(36-43(5)6)61(91)78-59(44(7)19-2)65(95)81(13)40-57(88)79(11)41-58(89)84(16)54(38-47-25-30-49(70)31-26-47)64(94)80(12)39-55(86)75-50(60(90)76-51)32-27-46-23-28-48(29-24-46)69(71,72)73/h18,23-26,28-31,42-45,50-54,59H,1,19-22,27,32-41H2,2-17H3,(H,74,97)(H,75,86)(H,76,90)(H,77,96)(H,78,91)/t44-,45+,50-,51-,52-,53-,54-,59-/m0/s1. The number of alkyl carbamates (subject to hydrolysis) is 1. The topological polar surface area (TPSA) is 297 Å². The van der Waals surface area contributed by atoms with E-state index in [4.69, 9.17) is 16.3 Å². The fourth-order valence-electron chi connectivity index (χ4n) is 10.7. The van der Waals surface area contributed by atoms with Crippen LogP contribution in [0.3, 0.4) is 0 Å². The van der Waals surface area contributed by atoms with E-state index in [2.05, 4.69) is 33.2 Å². The minimum atomic E-state index is -4.66. The van der Waals surface area contributed by atoms with Crippen molar-refractivity contribution in [3.8, 4) is 0 Å². The maximum atomic E-state index is 15.0. The summed E-state index contributed by atoms with van der Waals surface area (Å²) in [6.45, 7) is 17.0. The second-order valence-electron chi connectivity index (χ2n) is 26.8. The number of carbonyl (C=O) groups is 12. The van der Waals surface area contributed by atoms with Crippen molar-refractivity contribution in [2.45, 2.75) is 181 Å². The second kappa shape index (κ2) is 38.7. The van der Waals surface area contributed by atoms with Crippen LogP contribution in [0.5, 0.6) is 0 Å². The number of hydrogen-bond donors (Lipinski definition) is 5. The summed E-state index contributed by atoms with van der Waals surface area (Å²) < 4.78 is 46.0. The van der Waals surface area contributed by atoms with Crippen molar-refractivity contribution < 1.29 is 75.4 Å². The molecule has 3 rings (SSSR count). The largest absolute Gasteiger partial charge is 0.445 e. The van der Waals surface area contributed by atoms with E-state index in [1.54, 1.807) is 38.1 Å². The molecule has 29 heteroatoms. The van der Waals surface area contributed by atoms with Crippen molar-refractivity contribution in [1.82, 2.24) is 60.9 Å². The van der Waals surface area contributed by atoms with Crippen molar-refractivity contribution >= 4 is 82.7 Å². The predicted molar refractivity (Wildman–Crippen MR) is 364 cm³/mol. The lowest BCUT2D eigenvalue weighted by atomic mass is 9.95. The Morgan fingerprint density at radius 3 is 1.80 bits per heavy atom. The molecule has 2 aromatic rings. The minimum Gasteiger partial charge on any atom is -0.445 e. The zero-order valence-corrected chi connectivity index (χ0v) is 60.5. The van der Waals surface area contributed by atoms with Crippen LogP contribution in [-0.4, -0.2) is 235 Å². The number of unbranched alkanes of at least 4 members (excludes halogenated alkanes) is 1. The molecule has 5 N–H and O–H groups in total. The average Bonchev–Trinajstić information content (AvgIpc) is 0.829. The molecular weight excluding hydrogens is 1300 g/mol. The summed E-state index contributed by atoms with van der Waals surface area (Å²) in [6, 6.07) is 1.85. The molecule has 0 saturated carbocycles. The monoisotopic (exact) mass is 1400 g/mol. The van der Waals surface area contributed by atoms with E-state index in [1.165, 1.54) is 91.2 Å². The van der Waals surface area contributed by atoms with Gasteiger partial charge in [-0.1, -0.05) is 96.5 Å². The Kier molecular flexibility index (Phi) is 33.2. The molecule has 1 aliphatic rings. The quantitative estimate of drug-likeness (QED) is 0.0947. The molecule has 8 atom stereocenters. The SMILES string of the molecule is C=CCOC(=O)NCCCC[C@@H]1NC(=O)[C@H](CCc2ccc(C(F)(F)F)cc2)NC(=O)CN(C)C(=O)[C@H](Cc2ccc(Cl)cc2)N(C)C(=O)CN(C)C(=O)CN(C)C(=O)[C@H]([C@@H](C)CC)NC(=O)[C@H](CC(C)C)N(C)C(=O)C[C@@H](C)N(C)C(=O)[C@H](CC(C)C)NC(=O)C(C)(C)N(C)C1=O. The molecule has 25 nitrogen and oxygen atoms in total. The van der Waals surface area contributed by atoms with Crippen LogP contribution in [0.4, 0.5) is 18.0 Å². The number of aryl methyl sites for hydroxylation is 1. The summed E-state index contributed by atoms with van der Waals surface area (Å²) in [5, 5.41) is 14.0. The molecular formula is C69H104ClF3N12O13. The van der Waals surface area contributed by atoms with Crippen LogP contribution in [0.15, 0.2) is 61.2 Å². The lowest BCUT2D eigenvalue weighted by molar-refractivity contribution is -0.149. The maximum Gasteiger partial charge on any atom is 0.416 e. The van der Waals surface area contributed by atoms with Gasteiger partial charge in [0.25, 0.3) is 0 Å². The smallest absolute Gasteiger partial charge is 0.416 e. The van der Waals surface area contributed by atoms with Gasteiger partial charge in [-0.2, -0.15) is 13.2 Å². The average molecular weight is 1400 g/mol. The molecule has 546 valence electrons. The van der Waals surface area contributed by atoms with Gasteiger partial charge in [0.1, 0.15) is 48.4 Å². The molecule has 98 heavy (non-hydrogen) atoms. The fraction of sp³-hybridized carbons (Fsp3) is 0.623. The zero-order valence-electron chi connectivity index (χ0n) is 59.7. The normalized spacial score (nSPS) is 22.6. The van der Waals surface area contributed by atoms with Crippen LogP contribution in [0, 0.1) is 17.8 Å². The Balaban J connectivity index is 2.27. The number of hydrogen-bond acceptors (Lipinski definition) is 13. The van der Waals surface area contributed by atoms with Crippen LogP contribution in [-0.2, 0) is 76.5 Å². The highest BCUT2D eigenvalue weighted by atomic mass is 35.5. The van der Waals surface area contributed by atoms with E-state index in [9.17, 15) is 65.9 Å². The van der Waals surface area contributed by atoms with Crippen molar-refractivity contribution in [2.75, 3.05) is 82.1 Å². The number of ether oxygens (including phenoxy) is 1. The number of halogens is 4. The first-order valence-electron chi connectivity index (χ1n) is 33.1. The first kappa shape index (κ1) is 83.9. The van der Waals surface area contributed by atoms with E-state index in [1.807, 2.05) is 34.6 Å². The van der Waals surface area contributed by atoms with Gasteiger partial charge in [0, 0.05) is 79.8 Å². The zero-order chi connectivity index (χ0) is 74.3. The van der Waals surface area contributed by atoms with E-state index in [0.29, 0.717) is 22.6 Å². The third-order valence-electron chi connectivity index (χ3n) is 17.7. The van der Waals surface area contributed by atoms with E-state index >= 15 is 4.79 Å². The molecule has 1 fully saturated rings. The van der Waals surface area contributed by atoms with Gasteiger partial charge in [0.15, 0.2) is 0 Å². The first-order chi connectivity index (χ1) is 45.7. The second-order valence-corrected chi connectivity index (χ2v) is 27.3. The molecule has 0 spiro atoms. The van der Waals surface area contributed by atoms with Crippen LogP contribution in [0.2, 0.25) is 5.02 Å². The van der Waals surface area contributed by atoms with Crippen LogP contribution in [0.1, 0.15) is 130 Å². The summed E-state index contributed by atoms with van der Waals surface area (Å²) in [5.74, 6) is -8.87. The Morgan fingerprint density at radius 1 is 0.653 bits per heavy atom. The van der Waals surface area contributed by atoms with E-state index in [-0.39, 0.29) is 82.8 Å². The lowest BCUT2D eigenvalue weighted by Crippen LogP contribution is -2.63. The summed E-state index contributed by atoms with van der Waals surface area (Å²) in [5.41, 5.74) is -1.85. The number of carbonyl (C=O) groups excluding carboxylic acids is 12. The number of alkyl halides is 3. The van der Waals surface area contributed by atoms with Gasteiger partial charge in [-0.15, -0.1) is 0 Å². The Hall–Kier alpha value is -8.30. The van der Waals surface area contributed by atoms with E-state index in [0.717, 1.165) is 36.6 Å². The Morgan fingerprint density at radius 2 is 1.22 bits per heavy atom. The summed E-state index contributed by atoms with van der Waals surface area (Å²) in [7, 11) is 9.53. The Bertz CT molecular complexity index is 3100. The minimum absolute atomic E-state index is 0.0622. The molecule has 1 saturated heterocycles. The highest BCUT2D eigenvalue weighted by molar-refractivity contribution is 6.30. The molecule has 1 aliphatic heterocycles. The fourth-order valence-corrected chi connectivity index (χ4v) is 10.9. The lowest BCUT2D eigenvalue weighted by Gasteiger charge is -2.38. The highest BCUT2D eigenvalue weighted by Crippen LogP contribution is 2.30. The van der Waals surface area contributed by atoms with Gasteiger partial charge in [0.2, 0.25) is 65.0 Å². The number of likely N-dealkylation sites (N-methyl/N-ethyl adjacent to an activating group) is 7. The van der Waals surface area contributed by atoms with Gasteiger partial charge in [-0.3, -0.25) is 52.7 Å². The van der Waals surface area contributed by atoms with Gasteiger partial charge in [-0.25, -0.2) is 4.79 Å². The maximum absolute atomic E-state index is 15.0. The van der Waals surface area contributed by atoms with Crippen LogP contribution >= 0.6 is 11.6 Å². The van der Waals surface area contributed by atoms with Gasteiger partial charge in [-0.05, 0) is 119 Å². The number of rotatable bonds is 18. The van der Waals surface area contributed by atoms with E-state index < -0.39 is 156 Å². The molecule has 0 aliphatic carbocycles. The number of nitrogens with zero attached hydrogens (tertiary/aromatic N) is 7. The number of amides is 12. The highest BCUT2D eigenvalue weighted by Gasteiger charge is 2.43. The van der Waals surface area contributed by atoms with Crippen molar-refractivity contribution in [2.24, 2.45) is 17.8 Å². The third kappa shape index (κ3) is 25.5. The third-order valence-corrected chi connectivity index (χ3v) is 18.0. The summed E-state index contributed by atoms with van der Waals surface area (Å²) in [6.07, 6.45) is -3.87. The molecule has 0 aromatic heterocycles.